The molecule has 4 atom stereocenters. The Morgan fingerprint density at radius 3 is 2.77 bits per heavy atom. The van der Waals surface area contributed by atoms with Crippen molar-refractivity contribution in [2.75, 3.05) is 4.90 Å². The number of benzene rings is 1. The van der Waals surface area contributed by atoms with Crippen molar-refractivity contribution in [1.82, 2.24) is 5.16 Å². The molecule has 1 fully saturated rings. The van der Waals surface area contributed by atoms with Gasteiger partial charge in [-0.15, -0.1) is 0 Å². The number of aryl methyl sites for hydroxylation is 1. The van der Waals surface area contributed by atoms with Crippen LogP contribution in [0.5, 0.6) is 0 Å². The standard InChI is InChI=1S/C23H23FN2O4/c1-3-13-7-8-17-16(10-13)21(27)19-20(14-5-4-6-15(24)11-14)26(23(28)22(19)29-17)18-9-12(2)30-25-18/h4-6,9,11,13,16-17,20H,3,7-8,10H2,1-2H3. The lowest BCUT2D eigenvalue weighted by Crippen LogP contribution is -2.41. The predicted molar refractivity (Wildman–Crippen MR) is 106 cm³/mol. The van der Waals surface area contributed by atoms with E-state index in [0.29, 0.717) is 22.8 Å². The van der Waals surface area contributed by atoms with E-state index in [4.69, 9.17) is 9.26 Å². The van der Waals surface area contributed by atoms with Gasteiger partial charge >= 0.3 is 0 Å². The third-order valence-electron chi connectivity index (χ3n) is 6.56. The van der Waals surface area contributed by atoms with E-state index in [1.54, 1.807) is 25.1 Å². The van der Waals surface area contributed by atoms with Gasteiger partial charge in [0.1, 0.15) is 17.7 Å². The summed E-state index contributed by atoms with van der Waals surface area (Å²) in [5.74, 6) is 0.161. The summed E-state index contributed by atoms with van der Waals surface area (Å²) in [6.45, 7) is 3.86. The molecule has 0 N–H and O–H groups in total. The molecule has 4 unspecified atom stereocenters. The Morgan fingerprint density at radius 2 is 2.07 bits per heavy atom. The van der Waals surface area contributed by atoms with Crippen molar-refractivity contribution in [2.45, 2.75) is 51.7 Å². The Kier molecular flexibility index (Phi) is 4.49. The van der Waals surface area contributed by atoms with Crippen molar-refractivity contribution in [1.29, 1.82) is 0 Å². The highest BCUT2D eigenvalue weighted by Crippen LogP contribution is 2.49. The first-order valence-electron chi connectivity index (χ1n) is 10.4. The number of amides is 1. The maximum Gasteiger partial charge on any atom is 0.295 e. The number of anilines is 1. The molecule has 5 rings (SSSR count). The molecule has 1 saturated carbocycles. The van der Waals surface area contributed by atoms with Gasteiger partial charge in [-0.1, -0.05) is 30.6 Å². The van der Waals surface area contributed by atoms with Crippen molar-refractivity contribution in [3.63, 3.8) is 0 Å². The first-order chi connectivity index (χ1) is 14.5. The molecule has 0 saturated heterocycles. The topological polar surface area (TPSA) is 72.6 Å². The molecule has 3 aliphatic rings. The number of hydrogen-bond acceptors (Lipinski definition) is 5. The fraction of sp³-hybridized carbons (Fsp3) is 0.435. The van der Waals surface area contributed by atoms with Crippen molar-refractivity contribution in [3.8, 4) is 0 Å². The first kappa shape index (κ1) is 19.0. The zero-order valence-electron chi connectivity index (χ0n) is 16.9. The summed E-state index contributed by atoms with van der Waals surface area (Å²) in [7, 11) is 0. The molecule has 0 radical (unpaired) electrons. The van der Waals surface area contributed by atoms with Gasteiger partial charge in [-0.2, -0.15) is 0 Å². The fourth-order valence-corrected chi connectivity index (χ4v) is 5.02. The molecule has 1 aromatic heterocycles. The van der Waals surface area contributed by atoms with E-state index in [1.807, 2.05) is 0 Å². The van der Waals surface area contributed by atoms with Crippen LogP contribution in [-0.4, -0.2) is 23.0 Å². The number of rotatable bonds is 3. The number of aromatic nitrogens is 1. The summed E-state index contributed by atoms with van der Waals surface area (Å²) in [5, 5.41) is 3.99. The molecule has 2 aliphatic heterocycles. The average molecular weight is 410 g/mol. The Bertz CT molecular complexity index is 1060. The lowest BCUT2D eigenvalue weighted by molar-refractivity contribution is -0.132. The molecule has 1 aromatic carbocycles. The molecule has 0 bridgehead atoms. The van der Waals surface area contributed by atoms with E-state index in [0.717, 1.165) is 25.7 Å². The minimum atomic E-state index is -0.789. The number of nitrogens with zero attached hydrogens (tertiary/aromatic N) is 2. The van der Waals surface area contributed by atoms with Crippen molar-refractivity contribution in [3.05, 3.63) is 58.8 Å². The normalized spacial score (nSPS) is 28.4. The van der Waals surface area contributed by atoms with Crippen molar-refractivity contribution in [2.24, 2.45) is 11.8 Å². The smallest absolute Gasteiger partial charge is 0.295 e. The second-order valence-electron chi connectivity index (χ2n) is 8.39. The molecule has 1 aliphatic carbocycles. The van der Waals surface area contributed by atoms with Crippen LogP contribution in [-0.2, 0) is 14.3 Å². The fourth-order valence-electron chi connectivity index (χ4n) is 5.02. The van der Waals surface area contributed by atoms with Crippen molar-refractivity contribution < 1.29 is 23.2 Å². The van der Waals surface area contributed by atoms with Gasteiger partial charge in [-0.25, -0.2) is 4.39 Å². The lowest BCUT2D eigenvalue weighted by atomic mass is 9.73. The molecule has 2 aromatic rings. The number of carbonyl (C=O) groups is 2. The van der Waals surface area contributed by atoms with Crippen LogP contribution in [0, 0.1) is 24.6 Å². The molecular weight excluding hydrogens is 387 g/mol. The van der Waals surface area contributed by atoms with E-state index < -0.39 is 17.8 Å². The van der Waals surface area contributed by atoms with Gasteiger partial charge in [0.25, 0.3) is 5.91 Å². The van der Waals surface area contributed by atoms with Crippen LogP contribution in [0.1, 0.15) is 50.0 Å². The summed E-state index contributed by atoms with van der Waals surface area (Å²) in [6, 6.07) is 6.82. The molecule has 6 nitrogen and oxygen atoms in total. The number of carbonyl (C=O) groups excluding carboxylic acids is 2. The highest BCUT2D eigenvalue weighted by Gasteiger charge is 2.53. The van der Waals surface area contributed by atoms with Gasteiger partial charge < -0.3 is 9.26 Å². The van der Waals surface area contributed by atoms with E-state index in [9.17, 15) is 14.0 Å². The molecule has 3 heterocycles. The minimum absolute atomic E-state index is 0.0651. The monoisotopic (exact) mass is 410 g/mol. The summed E-state index contributed by atoms with van der Waals surface area (Å²) in [6.07, 6.45) is 3.23. The van der Waals surface area contributed by atoms with Gasteiger partial charge in [0.15, 0.2) is 17.4 Å². The molecule has 156 valence electrons. The highest BCUT2D eigenvalue weighted by molar-refractivity contribution is 6.17. The highest BCUT2D eigenvalue weighted by atomic mass is 19.1. The van der Waals surface area contributed by atoms with E-state index in [-0.39, 0.29) is 29.4 Å². The largest absolute Gasteiger partial charge is 0.483 e. The molecular formula is C23H23FN2O4. The summed E-state index contributed by atoms with van der Waals surface area (Å²) < 4.78 is 25.4. The van der Waals surface area contributed by atoms with Crippen LogP contribution >= 0.6 is 0 Å². The van der Waals surface area contributed by atoms with Gasteiger partial charge in [-0.3, -0.25) is 14.5 Å². The van der Waals surface area contributed by atoms with Crippen molar-refractivity contribution >= 4 is 17.5 Å². The summed E-state index contributed by atoms with van der Waals surface area (Å²) >= 11 is 0. The Balaban J connectivity index is 1.63. The molecule has 0 spiro atoms. The Hall–Kier alpha value is -2.96. The van der Waals surface area contributed by atoms with Crippen LogP contribution in [0.3, 0.4) is 0 Å². The third kappa shape index (κ3) is 2.87. The second kappa shape index (κ2) is 7.07. The van der Waals surface area contributed by atoms with E-state index in [1.165, 1.54) is 17.0 Å². The number of fused-ring (bicyclic) bond motifs is 1. The van der Waals surface area contributed by atoms with E-state index >= 15 is 0 Å². The van der Waals surface area contributed by atoms with Crippen LogP contribution in [0.2, 0.25) is 0 Å². The van der Waals surface area contributed by atoms with Crippen LogP contribution in [0.4, 0.5) is 10.2 Å². The van der Waals surface area contributed by atoms with Crippen LogP contribution < -0.4 is 4.90 Å². The van der Waals surface area contributed by atoms with Crippen LogP contribution in [0.15, 0.2) is 46.2 Å². The molecule has 7 heteroatoms. The molecule has 1 amide bonds. The zero-order valence-corrected chi connectivity index (χ0v) is 16.9. The lowest BCUT2D eigenvalue weighted by Gasteiger charge is -2.38. The number of ketones is 1. The Morgan fingerprint density at radius 1 is 1.23 bits per heavy atom. The van der Waals surface area contributed by atoms with Crippen LogP contribution in [0.25, 0.3) is 0 Å². The predicted octanol–water partition coefficient (Wildman–Crippen LogP) is 4.26. The average Bonchev–Trinajstić information content (AvgIpc) is 3.29. The quantitative estimate of drug-likeness (QED) is 0.756. The second-order valence-corrected chi connectivity index (χ2v) is 8.39. The number of halogens is 1. The molecule has 30 heavy (non-hydrogen) atoms. The number of ether oxygens (including phenoxy) is 1. The van der Waals surface area contributed by atoms with Gasteiger partial charge in [0, 0.05) is 6.07 Å². The van der Waals surface area contributed by atoms with Gasteiger partial charge in [0.05, 0.1) is 17.5 Å². The number of hydrogen-bond donors (Lipinski definition) is 0. The summed E-state index contributed by atoms with van der Waals surface area (Å²) in [5.41, 5.74) is 0.816. The maximum atomic E-state index is 14.1. The van der Waals surface area contributed by atoms with E-state index in [2.05, 4.69) is 12.1 Å². The van der Waals surface area contributed by atoms with Gasteiger partial charge in [0.2, 0.25) is 0 Å². The first-order valence-corrected chi connectivity index (χ1v) is 10.4. The van der Waals surface area contributed by atoms with Gasteiger partial charge in [-0.05, 0) is 49.8 Å². The maximum absolute atomic E-state index is 14.1. The minimum Gasteiger partial charge on any atom is -0.483 e. The number of Topliss-reactive ketones (excluding diaryl/α,β-unsaturated/α-hetero) is 1. The Labute approximate surface area is 173 Å². The third-order valence-corrected chi connectivity index (χ3v) is 6.56. The SMILES string of the molecule is CCC1CCC2OC3=C(C(=O)C2C1)C(c1cccc(F)c1)N(c1cc(C)on1)C3=O. The zero-order chi connectivity index (χ0) is 21.0. The summed E-state index contributed by atoms with van der Waals surface area (Å²) in [4.78, 5) is 28.4.